The van der Waals surface area contributed by atoms with Gasteiger partial charge in [-0.15, -0.1) is 0 Å². The van der Waals surface area contributed by atoms with E-state index in [4.69, 9.17) is 0 Å². The summed E-state index contributed by atoms with van der Waals surface area (Å²) in [6.07, 6.45) is 2.53. The number of hydrogen-bond donors (Lipinski definition) is 3. The molecule has 0 fully saturated rings. The molecule has 0 aliphatic heterocycles. The third kappa shape index (κ3) is 3.16. The third-order valence-electron chi connectivity index (χ3n) is 4.31. The maximum Gasteiger partial charge on any atom is 0.107 e. The van der Waals surface area contributed by atoms with Crippen molar-refractivity contribution in [3.63, 3.8) is 0 Å². The number of aryl methyl sites for hydroxylation is 2. The summed E-state index contributed by atoms with van der Waals surface area (Å²) in [5, 5.41) is 10.2. The van der Waals surface area contributed by atoms with Crippen molar-refractivity contribution < 1.29 is 5.11 Å². The van der Waals surface area contributed by atoms with Gasteiger partial charge in [-0.25, -0.2) is 9.97 Å². The smallest absolute Gasteiger partial charge is 0.107 e. The zero-order valence-corrected chi connectivity index (χ0v) is 13.4. The van der Waals surface area contributed by atoms with Crippen LogP contribution in [-0.2, 0) is 12.8 Å². The molecule has 4 rings (SSSR count). The average Bonchev–Trinajstić information content (AvgIpc) is 3.21. The molecule has 0 unspecified atom stereocenters. The fourth-order valence-electron chi connectivity index (χ4n) is 3.00. The molecule has 2 aromatic carbocycles. The quantitative estimate of drug-likeness (QED) is 0.510. The largest absolute Gasteiger partial charge is 0.393 e. The molecule has 0 bridgehead atoms. The summed E-state index contributed by atoms with van der Waals surface area (Å²) in [6, 6.07) is 16.0. The van der Waals surface area contributed by atoms with Gasteiger partial charge in [-0.2, -0.15) is 0 Å². The van der Waals surface area contributed by atoms with Crippen molar-refractivity contribution >= 4 is 22.1 Å². The lowest BCUT2D eigenvalue weighted by Crippen LogP contribution is -2.10. The van der Waals surface area contributed by atoms with Gasteiger partial charge in [-0.1, -0.05) is 24.3 Å². The van der Waals surface area contributed by atoms with E-state index in [2.05, 4.69) is 19.9 Å². The van der Waals surface area contributed by atoms with Crippen LogP contribution in [0.5, 0.6) is 0 Å². The highest BCUT2D eigenvalue weighted by atomic mass is 16.3. The van der Waals surface area contributed by atoms with Gasteiger partial charge in [0, 0.05) is 12.8 Å². The lowest BCUT2D eigenvalue weighted by molar-refractivity contribution is 0.154. The Kier molecular flexibility index (Phi) is 4.01. The number of aromatic nitrogens is 4. The van der Waals surface area contributed by atoms with Crippen LogP contribution in [0.1, 0.15) is 24.5 Å². The molecule has 5 heteroatoms. The maximum atomic E-state index is 10.2. The van der Waals surface area contributed by atoms with E-state index >= 15 is 0 Å². The Labute approximate surface area is 139 Å². The Morgan fingerprint density at radius 3 is 1.67 bits per heavy atom. The van der Waals surface area contributed by atoms with Crippen LogP contribution >= 0.6 is 0 Å². The van der Waals surface area contributed by atoms with Crippen LogP contribution in [0.2, 0.25) is 0 Å². The molecule has 0 spiro atoms. The Hall–Kier alpha value is -2.66. The number of nitrogens with one attached hydrogen (secondary N) is 2. The molecule has 24 heavy (non-hydrogen) atoms. The topological polar surface area (TPSA) is 77.6 Å². The number of rotatable bonds is 6. The number of aliphatic hydroxyl groups is 1. The number of aliphatic hydroxyl groups excluding tert-OH is 1. The number of hydrogen-bond acceptors (Lipinski definition) is 3. The standard InChI is InChI=1S/C19H20N4O/c24-13(9-11-18-20-14-5-1-2-6-15(14)21-18)10-12-19-22-16-7-3-4-8-17(16)23-19/h1-8,13,24H,9-12H2,(H,20,21)(H,22,23). The van der Waals surface area contributed by atoms with Crippen molar-refractivity contribution in [2.45, 2.75) is 31.8 Å². The van der Waals surface area contributed by atoms with Gasteiger partial charge in [0.2, 0.25) is 0 Å². The van der Waals surface area contributed by atoms with Crippen molar-refractivity contribution in [1.29, 1.82) is 0 Å². The second kappa shape index (κ2) is 6.45. The summed E-state index contributed by atoms with van der Waals surface area (Å²) in [5.74, 6) is 1.86. The van der Waals surface area contributed by atoms with Crippen molar-refractivity contribution in [1.82, 2.24) is 19.9 Å². The van der Waals surface area contributed by atoms with Crippen LogP contribution in [0, 0.1) is 0 Å². The number of para-hydroxylation sites is 4. The molecule has 0 saturated heterocycles. The van der Waals surface area contributed by atoms with E-state index in [9.17, 15) is 5.11 Å². The zero-order chi connectivity index (χ0) is 16.4. The summed E-state index contributed by atoms with van der Waals surface area (Å²) >= 11 is 0. The van der Waals surface area contributed by atoms with Gasteiger partial charge in [0.25, 0.3) is 0 Å². The molecule has 0 atom stereocenters. The molecule has 5 nitrogen and oxygen atoms in total. The van der Waals surface area contributed by atoms with Crippen molar-refractivity contribution in [3.05, 3.63) is 60.2 Å². The van der Waals surface area contributed by atoms with E-state index < -0.39 is 0 Å². The first-order chi connectivity index (χ1) is 11.8. The summed E-state index contributed by atoms with van der Waals surface area (Å²) < 4.78 is 0. The van der Waals surface area contributed by atoms with Gasteiger partial charge < -0.3 is 15.1 Å². The molecule has 2 heterocycles. The second-order valence-electron chi connectivity index (χ2n) is 6.13. The Morgan fingerprint density at radius 1 is 0.750 bits per heavy atom. The first-order valence-corrected chi connectivity index (χ1v) is 8.33. The monoisotopic (exact) mass is 320 g/mol. The predicted molar refractivity (Wildman–Crippen MR) is 94.8 cm³/mol. The number of H-pyrrole nitrogens is 2. The van der Waals surface area contributed by atoms with E-state index in [1.54, 1.807) is 0 Å². The van der Waals surface area contributed by atoms with Crippen LogP contribution in [0.25, 0.3) is 22.1 Å². The lowest BCUT2D eigenvalue weighted by Gasteiger charge is -2.08. The van der Waals surface area contributed by atoms with Crippen LogP contribution in [0.4, 0.5) is 0 Å². The summed E-state index contributed by atoms with van der Waals surface area (Å²) in [4.78, 5) is 15.7. The molecule has 0 aliphatic rings. The Morgan fingerprint density at radius 2 is 1.21 bits per heavy atom. The molecule has 3 N–H and O–H groups in total. The molecule has 0 radical (unpaired) electrons. The van der Waals surface area contributed by atoms with E-state index in [1.165, 1.54) is 0 Å². The number of benzene rings is 2. The van der Waals surface area contributed by atoms with Gasteiger partial charge >= 0.3 is 0 Å². The zero-order valence-electron chi connectivity index (χ0n) is 13.4. The molecule has 4 aromatic rings. The molecular formula is C19H20N4O. The molecule has 122 valence electrons. The van der Waals surface area contributed by atoms with Gasteiger partial charge in [-0.3, -0.25) is 0 Å². The molecule has 0 saturated carbocycles. The van der Waals surface area contributed by atoms with Crippen LogP contribution in [0.15, 0.2) is 48.5 Å². The Bertz CT molecular complexity index is 812. The Balaban J connectivity index is 1.32. The van der Waals surface area contributed by atoms with Crippen LogP contribution in [0.3, 0.4) is 0 Å². The minimum atomic E-state index is -0.355. The molecule has 0 amide bonds. The summed E-state index contributed by atoms with van der Waals surface area (Å²) in [6.45, 7) is 0. The minimum absolute atomic E-state index is 0.355. The van der Waals surface area contributed by atoms with Crippen LogP contribution in [-0.4, -0.2) is 31.1 Å². The number of nitrogens with zero attached hydrogens (tertiary/aromatic N) is 2. The van der Waals surface area contributed by atoms with Gasteiger partial charge in [-0.05, 0) is 37.1 Å². The molecular weight excluding hydrogens is 300 g/mol. The molecule has 2 aromatic heterocycles. The van der Waals surface area contributed by atoms with Crippen molar-refractivity contribution in [2.24, 2.45) is 0 Å². The third-order valence-corrected chi connectivity index (χ3v) is 4.31. The van der Waals surface area contributed by atoms with Gasteiger partial charge in [0.15, 0.2) is 0 Å². The normalized spacial score (nSPS) is 11.8. The number of fused-ring (bicyclic) bond motifs is 2. The second-order valence-corrected chi connectivity index (χ2v) is 6.13. The highest BCUT2D eigenvalue weighted by Gasteiger charge is 2.10. The van der Waals surface area contributed by atoms with E-state index in [-0.39, 0.29) is 6.10 Å². The van der Waals surface area contributed by atoms with Crippen LogP contribution < -0.4 is 0 Å². The SMILES string of the molecule is OC(CCc1nc2ccccc2[nH]1)CCc1nc2ccccc2[nH]1. The lowest BCUT2D eigenvalue weighted by atomic mass is 10.1. The maximum absolute atomic E-state index is 10.2. The fraction of sp³-hybridized carbons (Fsp3) is 0.263. The van der Waals surface area contributed by atoms with Crippen molar-refractivity contribution in [2.75, 3.05) is 0 Å². The number of aromatic amines is 2. The average molecular weight is 320 g/mol. The minimum Gasteiger partial charge on any atom is -0.393 e. The van der Waals surface area contributed by atoms with Crippen molar-refractivity contribution in [3.8, 4) is 0 Å². The summed E-state index contributed by atoms with van der Waals surface area (Å²) in [7, 11) is 0. The molecule has 0 aliphatic carbocycles. The highest BCUT2D eigenvalue weighted by molar-refractivity contribution is 5.75. The van der Waals surface area contributed by atoms with E-state index in [0.717, 1.165) is 46.6 Å². The first kappa shape index (κ1) is 14.9. The first-order valence-electron chi connectivity index (χ1n) is 8.33. The van der Waals surface area contributed by atoms with Gasteiger partial charge in [0.05, 0.1) is 28.2 Å². The highest BCUT2D eigenvalue weighted by Crippen LogP contribution is 2.15. The summed E-state index contributed by atoms with van der Waals surface area (Å²) in [5.41, 5.74) is 4.04. The van der Waals surface area contributed by atoms with Gasteiger partial charge in [0.1, 0.15) is 11.6 Å². The number of imidazole rings is 2. The predicted octanol–water partition coefficient (Wildman–Crippen LogP) is 3.37. The van der Waals surface area contributed by atoms with E-state index in [1.807, 2.05) is 48.5 Å². The van der Waals surface area contributed by atoms with E-state index in [0.29, 0.717) is 12.8 Å². The fourth-order valence-corrected chi connectivity index (χ4v) is 3.00.